The van der Waals surface area contributed by atoms with Crippen LogP contribution in [0, 0.1) is 5.41 Å². The molecule has 1 fully saturated rings. The van der Waals surface area contributed by atoms with Gasteiger partial charge in [-0.3, -0.25) is 4.98 Å². The molecule has 1 aliphatic rings. The van der Waals surface area contributed by atoms with Crippen LogP contribution in [0.5, 0.6) is 0 Å². The second-order valence-corrected chi connectivity index (χ2v) is 4.90. The Hall–Kier alpha value is -0.930. The number of nitrogens with zero attached hydrogens (tertiary/aromatic N) is 1. The normalized spacial score (nSPS) is 19.7. The highest BCUT2D eigenvalue weighted by molar-refractivity contribution is 5.29. The average Bonchev–Trinajstić information content (AvgIpc) is 2.17. The Morgan fingerprint density at radius 2 is 2.00 bits per heavy atom. The zero-order valence-electron chi connectivity index (χ0n) is 9.36. The van der Waals surface area contributed by atoms with E-state index in [1.807, 2.05) is 12.4 Å². The van der Waals surface area contributed by atoms with Crippen molar-refractivity contribution in [2.24, 2.45) is 11.1 Å². The van der Waals surface area contributed by atoms with E-state index in [2.05, 4.69) is 31.0 Å². The summed E-state index contributed by atoms with van der Waals surface area (Å²) in [5, 5.41) is 0. The third-order valence-electron chi connectivity index (χ3n) is 3.74. The summed E-state index contributed by atoms with van der Waals surface area (Å²) in [6.07, 6.45) is 3.67. The lowest BCUT2D eigenvalue weighted by atomic mass is 9.60. The first-order valence-corrected chi connectivity index (χ1v) is 5.31. The topological polar surface area (TPSA) is 48.1 Å². The van der Waals surface area contributed by atoms with Crippen molar-refractivity contribution in [1.82, 2.24) is 4.98 Å². The lowest BCUT2D eigenvalue weighted by molar-refractivity contribution is -0.116. The molecule has 0 amide bonds. The van der Waals surface area contributed by atoms with Crippen LogP contribution in [0.4, 0.5) is 0 Å². The van der Waals surface area contributed by atoms with Crippen molar-refractivity contribution in [2.45, 2.75) is 19.3 Å². The van der Waals surface area contributed by atoms with Crippen molar-refractivity contribution in [1.29, 1.82) is 0 Å². The third-order valence-corrected chi connectivity index (χ3v) is 3.74. The zero-order chi connectivity index (χ0) is 10.9. The van der Waals surface area contributed by atoms with Gasteiger partial charge >= 0.3 is 0 Å². The molecule has 0 bridgehead atoms. The standard InChI is InChI=1S/C12H18N2O/c1-11(2,7-13)12(8-15-9-12)10-3-5-14-6-4-10/h3-6H,7-9,13H2,1-2H3. The molecule has 3 nitrogen and oxygen atoms in total. The first-order valence-electron chi connectivity index (χ1n) is 5.31. The van der Waals surface area contributed by atoms with Crippen LogP contribution in [-0.2, 0) is 10.2 Å². The van der Waals surface area contributed by atoms with Crippen LogP contribution in [0.15, 0.2) is 24.5 Å². The highest BCUT2D eigenvalue weighted by Gasteiger charge is 2.51. The van der Waals surface area contributed by atoms with E-state index < -0.39 is 0 Å². The molecule has 0 saturated carbocycles. The van der Waals surface area contributed by atoms with E-state index in [4.69, 9.17) is 10.5 Å². The molecule has 1 aromatic heterocycles. The maximum absolute atomic E-state index is 5.87. The summed E-state index contributed by atoms with van der Waals surface area (Å²) >= 11 is 0. The fourth-order valence-corrected chi connectivity index (χ4v) is 2.12. The van der Waals surface area contributed by atoms with Crippen molar-refractivity contribution >= 4 is 0 Å². The van der Waals surface area contributed by atoms with Gasteiger partial charge in [-0.05, 0) is 29.7 Å². The lowest BCUT2D eigenvalue weighted by Crippen LogP contribution is -2.59. The predicted octanol–water partition coefficient (Wildman–Crippen LogP) is 1.33. The van der Waals surface area contributed by atoms with Gasteiger partial charge < -0.3 is 10.5 Å². The Bertz CT molecular complexity index is 331. The molecule has 0 atom stereocenters. The fourth-order valence-electron chi connectivity index (χ4n) is 2.12. The Balaban J connectivity index is 2.39. The van der Waals surface area contributed by atoms with Gasteiger partial charge in [0.05, 0.1) is 13.2 Å². The number of rotatable bonds is 3. The monoisotopic (exact) mass is 206 g/mol. The van der Waals surface area contributed by atoms with Gasteiger partial charge in [-0.1, -0.05) is 13.8 Å². The van der Waals surface area contributed by atoms with Gasteiger partial charge in [0, 0.05) is 17.8 Å². The van der Waals surface area contributed by atoms with E-state index in [0.717, 1.165) is 13.2 Å². The van der Waals surface area contributed by atoms with E-state index >= 15 is 0 Å². The van der Waals surface area contributed by atoms with Gasteiger partial charge in [-0.15, -0.1) is 0 Å². The van der Waals surface area contributed by atoms with E-state index in [1.54, 1.807) is 0 Å². The van der Waals surface area contributed by atoms with Gasteiger partial charge in [0.25, 0.3) is 0 Å². The van der Waals surface area contributed by atoms with Gasteiger partial charge in [-0.25, -0.2) is 0 Å². The van der Waals surface area contributed by atoms with Crippen molar-refractivity contribution in [3.63, 3.8) is 0 Å². The highest BCUT2D eigenvalue weighted by Crippen LogP contribution is 2.46. The summed E-state index contributed by atoms with van der Waals surface area (Å²) in [5.41, 5.74) is 7.30. The molecule has 0 spiro atoms. The Labute approximate surface area is 90.7 Å². The summed E-state index contributed by atoms with van der Waals surface area (Å²) in [6.45, 7) is 6.60. The second-order valence-electron chi connectivity index (χ2n) is 4.90. The molecule has 1 aromatic rings. The molecule has 82 valence electrons. The molecule has 0 unspecified atom stereocenters. The van der Waals surface area contributed by atoms with Gasteiger partial charge in [0.2, 0.25) is 0 Å². The molecule has 0 aliphatic carbocycles. The van der Waals surface area contributed by atoms with Crippen molar-refractivity contribution in [2.75, 3.05) is 19.8 Å². The molecule has 2 rings (SSSR count). The van der Waals surface area contributed by atoms with Crippen LogP contribution in [0.25, 0.3) is 0 Å². The summed E-state index contributed by atoms with van der Waals surface area (Å²) in [4.78, 5) is 4.05. The van der Waals surface area contributed by atoms with Gasteiger partial charge in [0.15, 0.2) is 0 Å². The summed E-state index contributed by atoms with van der Waals surface area (Å²) in [5.74, 6) is 0. The van der Waals surface area contributed by atoms with Crippen LogP contribution in [0.3, 0.4) is 0 Å². The average molecular weight is 206 g/mol. The molecular weight excluding hydrogens is 188 g/mol. The quantitative estimate of drug-likeness (QED) is 0.811. The molecule has 1 saturated heterocycles. The van der Waals surface area contributed by atoms with Crippen molar-refractivity contribution in [3.8, 4) is 0 Å². The lowest BCUT2D eigenvalue weighted by Gasteiger charge is -2.52. The van der Waals surface area contributed by atoms with Crippen LogP contribution in [0.2, 0.25) is 0 Å². The molecule has 0 aromatic carbocycles. The number of hydrogen-bond acceptors (Lipinski definition) is 3. The fraction of sp³-hybridized carbons (Fsp3) is 0.583. The number of ether oxygens (including phenoxy) is 1. The number of nitrogens with two attached hydrogens (primary N) is 1. The number of pyridine rings is 1. The smallest absolute Gasteiger partial charge is 0.0591 e. The number of aromatic nitrogens is 1. The third kappa shape index (κ3) is 1.46. The maximum Gasteiger partial charge on any atom is 0.0591 e. The number of hydrogen-bond donors (Lipinski definition) is 1. The van der Waals surface area contributed by atoms with Crippen LogP contribution in [0.1, 0.15) is 19.4 Å². The summed E-state index contributed by atoms with van der Waals surface area (Å²) < 4.78 is 5.40. The molecule has 2 heterocycles. The highest BCUT2D eigenvalue weighted by atomic mass is 16.5. The molecule has 3 heteroatoms. The minimum Gasteiger partial charge on any atom is -0.379 e. The minimum atomic E-state index is 0.0621. The van der Waals surface area contributed by atoms with E-state index in [1.165, 1.54) is 5.56 Å². The van der Waals surface area contributed by atoms with Crippen molar-refractivity contribution in [3.05, 3.63) is 30.1 Å². The second kappa shape index (κ2) is 3.58. The van der Waals surface area contributed by atoms with Crippen LogP contribution in [-0.4, -0.2) is 24.7 Å². The van der Waals surface area contributed by atoms with E-state index in [0.29, 0.717) is 6.54 Å². The molecule has 0 radical (unpaired) electrons. The Morgan fingerprint density at radius 1 is 1.40 bits per heavy atom. The largest absolute Gasteiger partial charge is 0.379 e. The molecule has 1 aliphatic heterocycles. The summed E-state index contributed by atoms with van der Waals surface area (Å²) in [6, 6.07) is 4.14. The van der Waals surface area contributed by atoms with Gasteiger partial charge in [0.1, 0.15) is 0 Å². The van der Waals surface area contributed by atoms with Crippen LogP contribution < -0.4 is 5.73 Å². The maximum atomic E-state index is 5.87. The van der Waals surface area contributed by atoms with Crippen LogP contribution >= 0.6 is 0 Å². The zero-order valence-corrected chi connectivity index (χ0v) is 9.36. The molecular formula is C12H18N2O. The molecule has 2 N–H and O–H groups in total. The SMILES string of the molecule is CC(C)(CN)C1(c2ccncc2)COC1. The first-order chi connectivity index (χ1) is 7.12. The van der Waals surface area contributed by atoms with Crippen molar-refractivity contribution < 1.29 is 4.74 Å². The Kier molecular flexibility index (Phi) is 2.52. The van der Waals surface area contributed by atoms with Gasteiger partial charge in [-0.2, -0.15) is 0 Å². The predicted molar refractivity (Wildman–Crippen MR) is 59.6 cm³/mol. The minimum absolute atomic E-state index is 0.0621. The Morgan fingerprint density at radius 3 is 2.40 bits per heavy atom. The van der Waals surface area contributed by atoms with E-state index in [9.17, 15) is 0 Å². The molecule has 15 heavy (non-hydrogen) atoms. The van der Waals surface area contributed by atoms with E-state index in [-0.39, 0.29) is 10.8 Å². The summed E-state index contributed by atoms with van der Waals surface area (Å²) in [7, 11) is 0. The first kappa shape index (κ1) is 10.6.